The molecule has 0 amide bonds. The standard InChI is InChI=1S/C8H13NO2S/c1-8(2,3)6(9-5-12)7(10)11-4/h6H,1-4H3. The van der Waals surface area contributed by atoms with Crippen LogP contribution in [0.3, 0.4) is 0 Å². The average molecular weight is 187 g/mol. The molecular formula is C8H13NO2S. The number of isothiocyanates is 1. The van der Waals surface area contributed by atoms with E-state index < -0.39 is 6.04 Å². The van der Waals surface area contributed by atoms with Gasteiger partial charge in [0.2, 0.25) is 0 Å². The summed E-state index contributed by atoms with van der Waals surface area (Å²) in [4.78, 5) is 14.9. The SMILES string of the molecule is COC(=O)C(N=C=S)C(C)(C)C. The van der Waals surface area contributed by atoms with Gasteiger partial charge in [-0.15, -0.1) is 0 Å². The predicted octanol–water partition coefficient (Wildman–Crippen LogP) is 1.68. The van der Waals surface area contributed by atoms with Gasteiger partial charge in [0, 0.05) is 0 Å². The van der Waals surface area contributed by atoms with E-state index in [0.29, 0.717) is 0 Å². The van der Waals surface area contributed by atoms with E-state index in [1.807, 2.05) is 20.8 Å². The number of hydrogen-bond acceptors (Lipinski definition) is 4. The number of methoxy groups -OCH3 is 1. The van der Waals surface area contributed by atoms with E-state index in [1.165, 1.54) is 7.11 Å². The Bertz CT molecular complexity index is 214. The first-order valence-electron chi connectivity index (χ1n) is 3.58. The highest BCUT2D eigenvalue weighted by Crippen LogP contribution is 2.22. The Morgan fingerprint density at radius 3 is 2.33 bits per heavy atom. The maximum atomic E-state index is 11.1. The average Bonchev–Trinajstić information content (AvgIpc) is 1.96. The van der Waals surface area contributed by atoms with Crippen molar-refractivity contribution in [3.8, 4) is 0 Å². The summed E-state index contributed by atoms with van der Waals surface area (Å²) < 4.78 is 4.57. The first kappa shape index (κ1) is 11.3. The normalized spacial score (nSPS) is 13.0. The molecule has 1 atom stereocenters. The zero-order chi connectivity index (χ0) is 9.78. The quantitative estimate of drug-likeness (QED) is 0.375. The molecule has 0 aliphatic heterocycles. The topological polar surface area (TPSA) is 38.7 Å². The van der Waals surface area contributed by atoms with Crippen molar-refractivity contribution in [3.63, 3.8) is 0 Å². The van der Waals surface area contributed by atoms with Crippen molar-refractivity contribution < 1.29 is 9.53 Å². The number of esters is 1. The fourth-order valence-corrected chi connectivity index (χ4v) is 0.870. The Morgan fingerprint density at radius 2 is 2.08 bits per heavy atom. The number of carbonyl (C=O) groups excluding carboxylic acids is 1. The molecule has 0 aliphatic rings. The summed E-state index contributed by atoms with van der Waals surface area (Å²) in [5.41, 5.74) is -0.279. The van der Waals surface area contributed by atoms with Crippen molar-refractivity contribution in [2.75, 3.05) is 7.11 Å². The van der Waals surface area contributed by atoms with Crippen LogP contribution in [0.15, 0.2) is 4.99 Å². The van der Waals surface area contributed by atoms with Gasteiger partial charge in [-0.2, -0.15) is 0 Å². The van der Waals surface area contributed by atoms with Gasteiger partial charge in [-0.3, -0.25) is 0 Å². The molecule has 12 heavy (non-hydrogen) atoms. The van der Waals surface area contributed by atoms with Crippen LogP contribution in [0.25, 0.3) is 0 Å². The van der Waals surface area contributed by atoms with Crippen LogP contribution in [0.5, 0.6) is 0 Å². The van der Waals surface area contributed by atoms with E-state index in [1.54, 1.807) is 0 Å². The fourth-order valence-electron chi connectivity index (χ4n) is 0.764. The van der Waals surface area contributed by atoms with Gasteiger partial charge < -0.3 is 4.74 Å². The van der Waals surface area contributed by atoms with Crippen LogP contribution in [0.4, 0.5) is 0 Å². The summed E-state index contributed by atoms with van der Waals surface area (Å²) in [5, 5.41) is 2.20. The first-order valence-corrected chi connectivity index (χ1v) is 3.99. The zero-order valence-corrected chi connectivity index (χ0v) is 8.57. The van der Waals surface area contributed by atoms with Gasteiger partial charge in [-0.25, -0.2) is 9.79 Å². The molecule has 0 fully saturated rings. The van der Waals surface area contributed by atoms with Crippen molar-refractivity contribution in [2.45, 2.75) is 26.8 Å². The van der Waals surface area contributed by atoms with Crippen molar-refractivity contribution in [1.82, 2.24) is 0 Å². The molecule has 0 rings (SSSR count). The van der Waals surface area contributed by atoms with Gasteiger partial charge in [-0.1, -0.05) is 20.8 Å². The first-order chi connectivity index (χ1) is 5.43. The smallest absolute Gasteiger partial charge is 0.331 e. The molecular weight excluding hydrogens is 174 g/mol. The van der Waals surface area contributed by atoms with Crippen molar-refractivity contribution in [3.05, 3.63) is 0 Å². The number of aliphatic imine (C=N–C) groups is 1. The van der Waals surface area contributed by atoms with E-state index in [9.17, 15) is 4.79 Å². The van der Waals surface area contributed by atoms with Crippen LogP contribution in [-0.4, -0.2) is 24.3 Å². The molecule has 0 aromatic heterocycles. The second-order valence-electron chi connectivity index (χ2n) is 3.51. The summed E-state index contributed by atoms with van der Waals surface area (Å²) in [5.74, 6) is -0.375. The molecule has 68 valence electrons. The van der Waals surface area contributed by atoms with Crippen molar-refractivity contribution in [1.29, 1.82) is 0 Å². The summed E-state index contributed by atoms with van der Waals surface area (Å²) in [7, 11) is 1.33. The Kier molecular flexibility index (Phi) is 4.07. The monoisotopic (exact) mass is 187 g/mol. The van der Waals surface area contributed by atoms with Crippen LogP contribution in [0.1, 0.15) is 20.8 Å². The van der Waals surface area contributed by atoms with Gasteiger partial charge in [0.1, 0.15) is 0 Å². The van der Waals surface area contributed by atoms with E-state index in [-0.39, 0.29) is 11.4 Å². The second kappa shape index (κ2) is 4.33. The molecule has 0 N–H and O–H groups in total. The third-order valence-corrected chi connectivity index (χ3v) is 1.53. The number of rotatable bonds is 2. The van der Waals surface area contributed by atoms with Crippen LogP contribution in [-0.2, 0) is 9.53 Å². The lowest BCUT2D eigenvalue weighted by Crippen LogP contribution is -2.33. The highest BCUT2D eigenvalue weighted by molar-refractivity contribution is 7.78. The second-order valence-corrected chi connectivity index (χ2v) is 3.69. The highest BCUT2D eigenvalue weighted by Gasteiger charge is 2.31. The van der Waals surface area contributed by atoms with Gasteiger partial charge in [-0.05, 0) is 17.6 Å². The van der Waals surface area contributed by atoms with Crippen LogP contribution in [0, 0.1) is 5.41 Å². The van der Waals surface area contributed by atoms with Crippen molar-refractivity contribution in [2.24, 2.45) is 10.4 Å². The van der Waals surface area contributed by atoms with E-state index in [0.717, 1.165) is 0 Å². The maximum absolute atomic E-state index is 11.1. The predicted molar refractivity (Wildman–Crippen MR) is 50.3 cm³/mol. The highest BCUT2D eigenvalue weighted by atomic mass is 32.1. The molecule has 0 aliphatic carbocycles. The Labute approximate surface area is 77.8 Å². The summed E-state index contributed by atoms with van der Waals surface area (Å²) in [6.45, 7) is 5.68. The molecule has 0 aromatic rings. The number of nitrogens with zero attached hydrogens (tertiary/aromatic N) is 1. The molecule has 0 aromatic carbocycles. The number of hydrogen-bond donors (Lipinski definition) is 0. The molecule has 1 unspecified atom stereocenters. The summed E-state index contributed by atoms with van der Waals surface area (Å²) >= 11 is 4.44. The molecule has 4 heteroatoms. The number of carbonyl (C=O) groups is 1. The lowest BCUT2D eigenvalue weighted by atomic mass is 9.87. The lowest BCUT2D eigenvalue weighted by molar-refractivity contribution is -0.144. The Morgan fingerprint density at radius 1 is 1.58 bits per heavy atom. The zero-order valence-electron chi connectivity index (χ0n) is 7.75. The Balaban J connectivity index is 4.67. The van der Waals surface area contributed by atoms with Gasteiger partial charge >= 0.3 is 5.97 Å². The molecule has 0 saturated heterocycles. The van der Waals surface area contributed by atoms with Crippen molar-refractivity contribution >= 4 is 23.3 Å². The largest absolute Gasteiger partial charge is 0.467 e. The molecule has 0 saturated carbocycles. The van der Waals surface area contributed by atoms with Gasteiger partial charge in [0.05, 0.1) is 12.3 Å². The van der Waals surface area contributed by atoms with Gasteiger partial charge in [0.25, 0.3) is 0 Å². The molecule has 0 heterocycles. The third-order valence-electron chi connectivity index (χ3n) is 1.43. The Hall–Kier alpha value is -0.730. The molecule has 3 nitrogen and oxygen atoms in total. The van der Waals surface area contributed by atoms with Gasteiger partial charge in [0.15, 0.2) is 6.04 Å². The van der Waals surface area contributed by atoms with Crippen LogP contribution >= 0.6 is 12.2 Å². The fraction of sp³-hybridized carbons (Fsp3) is 0.750. The minimum atomic E-state index is -0.556. The number of thiocarbonyl (C=S) groups is 1. The molecule has 0 bridgehead atoms. The molecule has 0 radical (unpaired) electrons. The van der Waals surface area contributed by atoms with E-state index in [4.69, 9.17) is 0 Å². The minimum absolute atomic E-state index is 0.279. The number of ether oxygens (including phenoxy) is 1. The van der Waals surface area contributed by atoms with E-state index >= 15 is 0 Å². The summed E-state index contributed by atoms with van der Waals surface area (Å²) in [6, 6.07) is -0.556. The maximum Gasteiger partial charge on any atom is 0.331 e. The van der Waals surface area contributed by atoms with Crippen LogP contribution in [0.2, 0.25) is 0 Å². The third kappa shape index (κ3) is 3.11. The molecule has 0 spiro atoms. The minimum Gasteiger partial charge on any atom is -0.467 e. The lowest BCUT2D eigenvalue weighted by Gasteiger charge is -2.23. The summed E-state index contributed by atoms with van der Waals surface area (Å²) in [6.07, 6.45) is 0. The van der Waals surface area contributed by atoms with E-state index in [2.05, 4.69) is 27.1 Å². The van der Waals surface area contributed by atoms with Crippen LogP contribution < -0.4 is 0 Å².